The highest BCUT2D eigenvalue weighted by atomic mass is 16.6. The minimum Gasteiger partial charge on any atom is -0.497 e. The Kier molecular flexibility index (Phi) is 8.19. The molecule has 2 atom stereocenters. The van der Waals surface area contributed by atoms with Crippen LogP contribution in [0.25, 0.3) is 0 Å². The van der Waals surface area contributed by atoms with Crippen LogP contribution in [-0.2, 0) is 16.1 Å². The molecule has 1 fully saturated rings. The lowest BCUT2D eigenvalue weighted by molar-refractivity contribution is -0.384. The predicted octanol–water partition coefficient (Wildman–Crippen LogP) is 3.31. The van der Waals surface area contributed by atoms with Gasteiger partial charge in [0.25, 0.3) is 5.69 Å². The number of rotatable bonds is 10. The van der Waals surface area contributed by atoms with Crippen molar-refractivity contribution in [2.45, 2.75) is 19.4 Å². The summed E-state index contributed by atoms with van der Waals surface area (Å²) in [7, 11) is 3.30. The zero-order valence-electron chi connectivity index (χ0n) is 18.9. The molecule has 3 rings (SSSR count). The maximum absolute atomic E-state index is 12.2. The summed E-state index contributed by atoms with van der Waals surface area (Å²) in [4.78, 5) is 27.0. The summed E-state index contributed by atoms with van der Waals surface area (Å²) in [5.74, 6) is 1.35. The van der Waals surface area contributed by atoms with Gasteiger partial charge in [0.15, 0.2) is 0 Å². The summed E-state index contributed by atoms with van der Waals surface area (Å²) in [6.07, 6.45) is 0. The summed E-state index contributed by atoms with van der Waals surface area (Å²) >= 11 is 0. The molecule has 0 radical (unpaired) electrons. The monoisotopic (exact) mass is 441 g/mol. The number of methoxy groups -OCH3 is 2. The van der Waals surface area contributed by atoms with E-state index in [1.165, 1.54) is 5.56 Å². The number of non-ortho nitro benzene ring substituents is 1. The van der Waals surface area contributed by atoms with Gasteiger partial charge in [0.1, 0.15) is 5.75 Å². The molecule has 2 aromatic rings. The number of benzene rings is 2. The second-order valence-corrected chi connectivity index (χ2v) is 8.22. The molecule has 2 unspecified atom stereocenters. The molecule has 8 heteroatoms. The van der Waals surface area contributed by atoms with Crippen LogP contribution in [0.5, 0.6) is 5.75 Å². The smallest absolute Gasteiger partial charge is 0.269 e. The lowest BCUT2D eigenvalue weighted by atomic mass is 9.88. The Balaban J connectivity index is 1.79. The van der Waals surface area contributed by atoms with Crippen LogP contribution in [0.4, 0.5) is 5.69 Å². The zero-order chi connectivity index (χ0) is 23.1. The Hall–Kier alpha value is -2.97. The van der Waals surface area contributed by atoms with Gasteiger partial charge in [0, 0.05) is 64.8 Å². The standard InChI is InChI=1S/C24H31N3O5/c1-18(28)26(11-12-31-2)16-21-15-25(14-19-7-9-22(10-8-19)27(29)30)17-24(21)20-5-4-6-23(13-20)32-3/h4-10,13,21,24H,11-12,14-17H2,1-3H3. The highest BCUT2D eigenvalue weighted by molar-refractivity contribution is 5.73. The molecule has 172 valence electrons. The first kappa shape index (κ1) is 23.7. The fourth-order valence-corrected chi connectivity index (χ4v) is 4.37. The second kappa shape index (κ2) is 11.1. The minimum atomic E-state index is -0.384. The molecule has 8 nitrogen and oxygen atoms in total. The highest BCUT2D eigenvalue weighted by Crippen LogP contribution is 2.35. The molecular weight excluding hydrogens is 410 g/mol. The third-order valence-corrected chi connectivity index (χ3v) is 6.06. The van der Waals surface area contributed by atoms with E-state index in [1.807, 2.05) is 29.2 Å². The van der Waals surface area contributed by atoms with Crippen molar-refractivity contribution in [2.24, 2.45) is 5.92 Å². The lowest BCUT2D eigenvalue weighted by Gasteiger charge is -2.27. The number of ether oxygens (including phenoxy) is 2. The summed E-state index contributed by atoms with van der Waals surface area (Å²) in [6.45, 7) is 5.68. The molecule has 1 heterocycles. The van der Waals surface area contributed by atoms with Crippen LogP contribution in [0, 0.1) is 16.0 Å². The number of carbonyl (C=O) groups excluding carboxylic acids is 1. The molecule has 0 bridgehead atoms. The number of hydrogen-bond donors (Lipinski definition) is 0. The Bertz CT molecular complexity index is 918. The Morgan fingerprint density at radius 1 is 1.19 bits per heavy atom. The maximum atomic E-state index is 12.2. The normalized spacial score (nSPS) is 18.5. The van der Waals surface area contributed by atoms with Crippen LogP contribution >= 0.6 is 0 Å². The van der Waals surface area contributed by atoms with Crippen LogP contribution in [0.3, 0.4) is 0 Å². The van der Waals surface area contributed by atoms with E-state index in [0.29, 0.717) is 26.2 Å². The Labute approximate surface area is 188 Å². The van der Waals surface area contributed by atoms with Crippen LogP contribution in [0.15, 0.2) is 48.5 Å². The van der Waals surface area contributed by atoms with E-state index in [1.54, 1.807) is 33.3 Å². The molecule has 1 saturated heterocycles. The van der Waals surface area contributed by atoms with E-state index in [-0.39, 0.29) is 28.4 Å². The van der Waals surface area contributed by atoms with Gasteiger partial charge in [0.2, 0.25) is 5.91 Å². The van der Waals surface area contributed by atoms with Crippen LogP contribution in [0.1, 0.15) is 24.0 Å². The summed E-state index contributed by atoms with van der Waals surface area (Å²) in [5, 5.41) is 10.9. The molecule has 0 N–H and O–H groups in total. The van der Waals surface area contributed by atoms with Crippen molar-refractivity contribution in [3.05, 3.63) is 69.8 Å². The van der Waals surface area contributed by atoms with E-state index in [9.17, 15) is 14.9 Å². The van der Waals surface area contributed by atoms with Crippen molar-refractivity contribution in [3.8, 4) is 5.75 Å². The molecule has 0 aliphatic carbocycles. The van der Waals surface area contributed by atoms with Crippen LogP contribution in [-0.4, -0.2) is 67.6 Å². The Morgan fingerprint density at radius 2 is 1.94 bits per heavy atom. The first-order chi connectivity index (χ1) is 15.4. The summed E-state index contributed by atoms with van der Waals surface area (Å²) in [5.41, 5.74) is 2.32. The van der Waals surface area contributed by atoms with Crippen LogP contribution < -0.4 is 4.74 Å². The van der Waals surface area contributed by atoms with Gasteiger partial charge in [-0.25, -0.2) is 0 Å². The topological polar surface area (TPSA) is 85.2 Å². The van der Waals surface area contributed by atoms with E-state index in [2.05, 4.69) is 17.0 Å². The van der Waals surface area contributed by atoms with E-state index >= 15 is 0 Å². The zero-order valence-corrected chi connectivity index (χ0v) is 18.9. The first-order valence-electron chi connectivity index (χ1n) is 10.7. The van der Waals surface area contributed by atoms with Crippen molar-refractivity contribution in [3.63, 3.8) is 0 Å². The highest BCUT2D eigenvalue weighted by Gasteiger charge is 2.35. The number of nitrogens with zero attached hydrogens (tertiary/aromatic N) is 3. The SMILES string of the molecule is COCCN(CC1CN(Cc2ccc([N+](=O)[O-])cc2)CC1c1cccc(OC)c1)C(C)=O. The predicted molar refractivity (Wildman–Crippen MR) is 122 cm³/mol. The number of nitro benzene ring substituents is 1. The van der Waals surface area contributed by atoms with Gasteiger partial charge in [-0.1, -0.05) is 24.3 Å². The van der Waals surface area contributed by atoms with Gasteiger partial charge in [0.05, 0.1) is 18.6 Å². The average molecular weight is 442 g/mol. The molecule has 2 aromatic carbocycles. The number of amides is 1. The fourth-order valence-electron chi connectivity index (χ4n) is 4.37. The summed E-state index contributed by atoms with van der Waals surface area (Å²) in [6, 6.07) is 14.8. The van der Waals surface area contributed by atoms with E-state index < -0.39 is 0 Å². The average Bonchev–Trinajstić information content (AvgIpc) is 3.19. The second-order valence-electron chi connectivity index (χ2n) is 8.22. The molecule has 1 aliphatic rings. The maximum Gasteiger partial charge on any atom is 0.269 e. The van der Waals surface area contributed by atoms with Gasteiger partial charge in [-0.15, -0.1) is 0 Å². The van der Waals surface area contributed by atoms with Gasteiger partial charge in [-0.05, 0) is 29.2 Å². The van der Waals surface area contributed by atoms with E-state index in [4.69, 9.17) is 9.47 Å². The molecule has 1 amide bonds. The van der Waals surface area contributed by atoms with Gasteiger partial charge < -0.3 is 14.4 Å². The van der Waals surface area contributed by atoms with Crippen molar-refractivity contribution in [1.29, 1.82) is 0 Å². The molecule has 0 spiro atoms. The molecular formula is C24H31N3O5. The van der Waals surface area contributed by atoms with Gasteiger partial charge in [-0.2, -0.15) is 0 Å². The van der Waals surface area contributed by atoms with Crippen molar-refractivity contribution in [2.75, 3.05) is 47.0 Å². The van der Waals surface area contributed by atoms with Crippen molar-refractivity contribution >= 4 is 11.6 Å². The number of nitro groups is 1. The molecule has 0 aromatic heterocycles. The number of likely N-dealkylation sites (tertiary alicyclic amines) is 1. The first-order valence-corrected chi connectivity index (χ1v) is 10.7. The third-order valence-electron chi connectivity index (χ3n) is 6.06. The molecule has 0 saturated carbocycles. The van der Waals surface area contributed by atoms with E-state index in [0.717, 1.165) is 24.4 Å². The number of carbonyl (C=O) groups is 1. The quantitative estimate of drug-likeness (QED) is 0.415. The third kappa shape index (κ3) is 6.05. The fraction of sp³-hybridized carbons (Fsp3) is 0.458. The summed E-state index contributed by atoms with van der Waals surface area (Å²) < 4.78 is 10.6. The molecule has 32 heavy (non-hydrogen) atoms. The van der Waals surface area contributed by atoms with Gasteiger partial charge >= 0.3 is 0 Å². The van der Waals surface area contributed by atoms with Gasteiger partial charge in [-0.3, -0.25) is 19.8 Å². The van der Waals surface area contributed by atoms with Crippen molar-refractivity contribution < 1.29 is 19.2 Å². The minimum absolute atomic E-state index is 0.0419. The van der Waals surface area contributed by atoms with Crippen LogP contribution in [0.2, 0.25) is 0 Å². The Morgan fingerprint density at radius 3 is 2.56 bits per heavy atom. The number of hydrogen-bond acceptors (Lipinski definition) is 6. The molecule has 1 aliphatic heterocycles. The lowest BCUT2D eigenvalue weighted by Crippen LogP contribution is -2.38. The van der Waals surface area contributed by atoms with Crippen molar-refractivity contribution in [1.82, 2.24) is 9.80 Å². The largest absolute Gasteiger partial charge is 0.497 e.